The van der Waals surface area contributed by atoms with Crippen LogP contribution in [-0.2, 0) is 14.3 Å². The van der Waals surface area contributed by atoms with E-state index in [1.165, 1.54) is 12.1 Å². The van der Waals surface area contributed by atoms with Crippen molar-refractivity contribution < 1.29 is 12.6 Å². The van der Waals surface area contributed by atoms with Gasteiger partial charge in [-0.15, -0.1) is 0 Å². The van der Waals surface area contributed by atoms with Gasteiger partial charge in [0.15, 0.2) is 0 Å². The fourth-order valence-electron chi connectivity index (χ4n) is 0.910. The summed E-state index contributed by atoms with van der Waals surface area (Å²) in [6, 6.07) is 6.33. The third kappa shape index (κ3) is 3.08. The standard InChI is InChI=1S/C9H11BrO3S/c1-7(2)13-14(11,12)9-5-3-8(10)4-6-9/h3-7H,1-2H3. The minimum absolute atomic E-state index is 0.175. The van der Waals surface area contributed by atoms with Crippen molar-refractivity contribution in [1.82, 2.24) is 0 Å². The summed E-state index contributed by atoms with van der Waals surface area (Å²) in [4.78, 5) is 0.175. The van der Waals surface area contributed by atoms with Crippen LogP contribution < -0.4 is 0 Å². The Morgan fingerprint density at radius 1 is 1.21 bits per heavy atom. The molecule has 1 aromatic rings. The molecule has 14 heavy (non-hydrogen) atoms. The van der Waals surface area contributed by atoms with Gasteiger partial charge in [0.2, 0.25) is 0 Å². The Morgan fingerprint density at radius 3 is 2.14 bits per heavy atom. The molecule has 0 radical (unpaired) electrons. The van der Waals surface area contributed by atoms with Crippen molar-refractivity contribution in [3.8, 4) is 0 Å². The molecule has 78 valence electrons. The van der Waals surface area contributed by atoms with E-state index in [1.54, 1.807) is 26.0 Å². The fourth-order valence-corrected chi connectivity index (χ4v) is 2.26. The lowest BCUT2D eigenvalue weighted by Gasteiger charge is -2.07. The molecule has 0 saturated heterocycles. The van der Waals surface area contributed by atoms with Gasteiger partial charge < -0.3 is 0 Å². The zero-order valence-corrected chi connectivity index (χ0v) is 10.3. The molecule has 0 unspecified atom stereocenters. The molecule has 0 aliphatic heterocycles. The molecule has 5 heteroatoms. The average Bonchev–Trinajstić information content (AvgIpc) is 2.02. The lowest BCUT2D eigenvalue weighted by atomic mass is 10.4. The maximum absolute atomic E-state index is 11.5. The Labute approximate surface area is 92.3 Å². The Balaban J connectivity index is 2.99. The highest BCUT2D eigenvalue weighted by Crippen LogP contribution is 2.17. The summed E-state index contributed by atoms with van der Waals surface area (Å²) in [7, 11) is -3.60. The first-order valence-corrected chi connectivity index (χ1v) is 6.31. The summed E-state index contributed by atoms with van der Waals surface area (Å²) in [5.41, 5.74) is 0. The quantitative estimate of drug-likeness (QED) is 0.799. The van der Waals surface area contributed by atoms with Crippen LogP contribution >= 0.6 is 15.9 Å². The van der Waals surface area contributed by atoms with Crippen LogP contribution in [0.2, 0.25) is 0 Å². The highest BCUT2D eigenvalue weighted by atomic mass is 79.9. The monoisotopic (exact) mass is 278 g/mol. The molecule has 0 bridgehead atoms. The van der Waals surface area contributed by atoms with E-state index in [1.807, 2.05) is 0 Å². The van der Waals surface area contributed by atoms with E-state index in [4.69, 9.17) is 4.18 Å². The normalized spacial score (nSPS) is 12.0. The third-order valence-electron chi connectivity index (χ3n) is 1.42. The van der Waals surface area contributed by atoms with Gasteiger partial charge in [-0.3, -0.25) is 4.18 Å². The molecule has 0 aliphatic rings. The van der Waals surface area contributed by atoms with Crippen molar-refractivity contribution in [2.24, 2.45) is 0 Å². The Morgan fingerprint density at radius 2 is 1.71 bits per heavy atom. The molecule has 0 heterocycles. The molecule has 0 aromatic heterocycles. The van der Waals surface area contributed by atoms with E-state index in [0.717, 1.165) is 4.47 Å². The third-order valence-corrected chi connectivity index (χ3v) is 3.44. The van der Waals surface area contributed by atoms with Gasteiger partial charge >= 0.3 is 0 Å². The minimum atomic E-state index is -3.60. The summed E-state index contributed by atoms with van der Waals surface area (Å²) >= 11 is 3.23. The minimum Gasteiger partial charge on any atom is -0.264 e. The first-order valence-electron chi connectivity index (χ1n) is 4.10. The number of rotatable bonds is 3. The van der Waals surface area contributed by atoms with Gasteiger partial charge in [-0.2, -0.15) is 8.42 Å². The summed E-state index contributed by atoms with van der Waals surface area (Å²) in [5.74, 6) is 0. The van der Waals surface area contributed by atoms with Gasteiger partial charge in [-0.05, 0) is 38.1 Å². The van der Waals surface area contributed by atoms with E-state index >= 15 is 0 Å². The van der Waals surface area contributed by atoms with E-state index in [-0.39, 0.29) is 11.0 Å². The van der Waals surface area contributed by atoms with Crippen LogP contribution in [0.5, 0.6) is 0 Å². The predicted octanol–water partition coefficient (Wildman–Crippen LogP) is 2.56. The van der Waals surface area contributed by atoms with Crippen LogP contribution in [0.4, 0.5) is 0 Å². The van der Waals surface area contributed by atoms with Gasteiger partial charge in [0, 0.05) is 4.47 Å². The second-order valence-electron chi connectivity index (χ2n) is 3.05. The van der Waals surface area contributed by atoms with Crippen molar-refractivity contribution >= 4 is 26.0 Å². The summed E-state index contributed by atoms with van der Waals surface area (Å²) < 4.78 is 28.7. The summed E-state index contributed by atoms with van der Waals surface area (Å²) in [6.07, 6.45) is -0.344. The van der Waals surface area contributed by atoms with Crippen molar-refractivity contribution in [3.05, 3.63) is 28.7 Å². The maximum Gasteiger partial charge on any atom is 0.297 e. The first kappa shape index (κ1) is 11.7. The van der Waals surface area contributed by atoms with E-state index < -0.39 is 10.1 Å². The second-order valence-corrected chi connectivity index (χ2v) is 5.54. The maximum atomic E-state index is 11.5. The lowest BCUT2D eigenvalue weighted by molar-refractivity contribution is 0.249. The zero-order valence-electron chi connectivity index (χ0n) is 7.90. The number of halogens is 1. The van der Waals surface area contributed by atoms with Gasteiger partial charge in [0.05, 0.1) is 11.0 Å². The van der Waals surface area contributed by atoms with Gasteiger partial charge in [0.1, 0.15) is 0 Å². The van der Waals surface area contributed by atoms with Gasteiger partial charge in [-0.25, -0.2) is 0 Å². The van der Waals surface area contributed by atoms with Crippen LogP contribution in [-0.4, -0.2) is 14.5 Å². The van der Waals surface area contributed by atoms with Crippen LogP contribution in [0, 0.1) is 0 Å². The van der Waals surface area contributed by atoms with Crippen LogP contribution in [0.1, 0.15) is 13.8 Å². The van der Waals surface area contributed by atoms with Crippen molar-refractivity contribution in [2.75, 3.05) is 0 Å². The summed E-state index contributed by atoms with van der Waals surface area (Å²) in [5, 5.41) is 0. The molecule has 0 aliphatic carbocycles. The molecule has 0 amide bonds. The molecule has 1 aromatic carbocycles. The highest BCUT2D eigenvalue weighted by Gasteiger charge is 2.16. The molecule has 0 spiro atoms. The topological polar surface area (TPSA) is 43.4 Å². The SMILES string of the molecule is CC(C)OS(=O)(=O)c1ccc(Br)cc1. The lowest BCUT2D eigenvalue weighted by Crippen LogP contribution is -2.12. The summed E-state index contributed by atoms with van der Waals surface area (Å²) in [6.45, 7) is 3.35. The molecule has 1 rings (SSSR count). The van der Waals surface area contributed by atoms with Crippen LogP contribution in [0.15, 0.2) is 33.6 Å². The van der Waals surface area contributed by atoms with E-state index in [9.17, 15) is 8.42 Å². The first-order chi connectivity index (χ1) is 6.42. The van der Waals surface area contributed by atoms with Crippen LogP contribution in [0.25, 0.3) is 0 Å². The van der Waals surface area contributed by atoms with Crippen molar-refractivity contribution in [1.29, 1.82) is 0 Å². The predicted molar refractivity (Wildman–Crippen MR) is 57.5 cm³/mol. The molecular weight excluding hydrogens is 268 g/mol. The number of hydrogen-bond acceptors (Lipinski definition) is 3. The zero-order chi connectivity index (χ0) is 10.8. The fraction of sp³-hybridized carbons (Fsp3) is 0.333. The number of benzene rings is 1. The molecule has 3 nitrogen and oxygen atoms in total. The van der Waals surface area contributed by atoms with Gasteiger partial charge in [0.25, 0.3) is 10.1 Å². The molecule has 0 atom stereocenters. The largest absolute Gasteiger partial charge is 0.297 e. The van der Waals surface area contributed by atoms with E-state index in [2.05, 4.69) is 15.9 Å². The Hall–Kier alpha value is -0.390. The van der Waals surface area contributed by atoms with E-state index in [0.29, 0.717) is 0 Å². The van der Waals surface area contributed by atoms with Gasteiger partial charge in [-0.1, -0.05) is 15.9 Å². The van der Waals surface area contributed by atoms with Crippen molar-refractivity contribution in [2.45, 2.75) is 24.8 Å². The Kier molecular flexibility index (Phi) is 3.69. The smallest absolute Gasteiger partial charge is 0.264 e. The average molecular weight is 279 g/mol. The van der Waals surface area contributed by atoms with Crippen LogP contribution in [0.3, 0.4) is 0 Å². The molecule has 0 fully saturated rings. The number of hydrogen-bond donors (Lipinski definition) is 0. The second kappa shape index (κ2) is 4.42. The highest BCUT2D eigenvalue weighted by molar-refractivity contribution is 9.10. The molecule has 0 saturated carbocycles. The van der Waals surface area contributed by atoms with Crippen molar-refractivity contribution in [3.63, 3.8) is 0 Å². The molecular formula is C9H11BrO3S. The molecule has 0 N–H and O–H groups in total. The Bertz CT molecular complexity index is 395.